The van der Waals surface area contributed by atoms with Gasteiger partial charge < -0.3 is 0 Å². The molecule has 0 saturated heterocycles. The van der Waals surface area contributed by atoms with Crippen LogP contribution in [0.4, 0.5) is 5.69 Å². The Bertz CT molecular complexity index is 776. The number of hydrogen-bond donors (Lipinski definition) is 0. The molecule has 0 saturated carbocycles. The quantitative estimate of drug-likeness (QED) is 0.714. The number of imide groups is 1. The standard InChI is InChI=1S/C22H18NO2/c24-21(16-18-10-4-1-5-11-18)23(20-14-8-3-9-15-20)22(25)17-19-12-6-2-7-13-19/h1-2,4-15H,16-17H2. The van der Waals surface area contributed by atoms with Crippen molar-refractivity contribution in [2.75, 3.05) is 4.90 Å². The molecule has 3 aromatic carbocycles. The molecule has 123 valence electrons. The van der Waals surface area contributed by atoms with E-state index in [0.29, 0.717) is 5.69 Å². The van der Waals surface area contributed by atoms with E-state index in [0.717, 1.165) is 11.1 Å². The highest BCUT2D eigenvalue weighted by atomic mass is 16.2. The minimum Gasteiger partial charge on any atom is -0.274 e. The van der Waals surface area contributed by atoms with Gasteiger partial charge in [-0.25, -0.2) is 0 Å². The Labute approximate surface area is 147 Å². The molecule has 0 unspecified atom stereocenters. The first-order valence-corrected chi connectivity index (χ1v) is 8.14. The van der Waals surface area contributed by atoms with Gasteiger partial charge in [0.2, 0.25) is 11.8 Å². The van der Waals surface area contributed by atoms with Crippen LogP contribution in [0.3, 0.4) is 0 Å². The molecule has 0 aromatic heterocycles. The molecule has 0 spiro atoms. The number of carbonyl (C=O) groups is 2. The van der Waals surface area contributed by atoms with E-state index < -0.39 is 0 Å². The van der Waals surface area contributed by atoms with Crippen molar-refractivity contribution in [1.82, 2.24) is 0 Å². The number of amides is 2. The molecular weight excluding hydrogens is 310 g/mol. The number of carbonyl (C=O) groups excluding carboxylic acids is 2. The van der Waals surface area contributed by atoms with Crippen molar-refractivity contribution in [3.05, 3.63) is 102 Å². The van der Waals surface area contributed by atoms with Crippen LogP contribution in [-0.2, 0) is 22.4 Å². The van der Waals surface area contributed by atoms with Crippen LogP contribution in [0.1, 0.15) is 11.1 Å². The summed E-state index contributed by atoms with van der Waals surface area (Å²) < 4.78 is 0. The summed E-state index contributed by atoms with van der Waals surface area (Å²) in [6, 6.07) is 28.7. The average Bonchev–Trinajstić information content (AvgIpc) is 2.64. The van der Waals surface area contributed by atoms with Crippen LogP contribution in [0, 0.1) is 6.07 Å². The summed E-state index contributed by atoms with van der Waals surface area (Å²) in [5.41, 5.74) is 2.33. The van der Waals surface area contributed by atoms with Gasteiger partial charge in [-0.05, 0) is 29.3 Å². The maximum absolute atomic E-state index is 12.8. The van der Waals surface area contributed by atoms with Crippen molar-refractivity contribution in [2.24, 2.45) is 0 Å². The molecule has 25 heavy (non-hydrogen) atoms. The monoisotopic (exact) mass is 328 g/mol. The number of benzene rings is 3. The fraction of sp³-hybridized carbons (Fsp3) is 0.0909. The Morgan fingerprint density at radius 1 is 0.680 bits per heavy atom. The van der Waals surface area contributed by atoms with Gasteiger partial charge in [0.25, 0.3) is 0 Å². The van der Waals surface area contributed by atoms with E-state index in [2.05, 4.69) is 6.07 Å². The second-order valence-electron chi connectivity index (χ2n) is 5.71. The molecule has 0 N–H and O–H groups in total. The summed E-state index contributed by atoms with van der Waals surface area (Å²) in [6.07, 6.45) is 0.361. The summed E-state index contributed by atoms with van der Waals surface area (Å²) >= 11 is 0. The predicted molar refractivity (Wildman–Crippen MR) is 98.1 cm³/mol. The third-order valence-electron chi connectivity index (χ3n) is 3.85. The Morgan fingerprint density at radius 3 is 1.56 bits per heavy atom. The highest BCUT2D eigenvalue weighted by molar-refractivity contribution is 6.15. The lowest BCUT2D eigenvalue weighted by Crippen LogP contribution is -2.39. The van der Waals surface area contributed by atoms with Crippen LogP contribution in [0.2, 0.25) is 0 Å². The van der Waals surface area contributed by atoms with Gasteiger partial charge in [0.05, 0.1) is 18.5 Å². The second kappa shape index (κ2) is 8.06. The van der Waals surface area contributed by atoms with Gasteiger partial charge in [-0.2, -0.15) is 0 Å². The Hall–Kier alpha value is -3.20. The van der Waals surface area contributed by atoms with Crippen molar-refractivity contribution < 1.29 is 9.59 Å². The molecule has 0 fully saturated rings. The molecule has 0 aliphatic carbocycles. The lowest BCUT2D eigenvalue weighted by Gasteiger charge is -2.21. The SMILES string of the molecule is O=C(Cc1ccccc1)N(C(=O)Cc1ccccc1)c1cc[c]cc1. The third kappa shape index (κ3) is 4.42. The van der Waals surface area contributed by atoms with Gasteiger partial charge in [-0.15, -0.1) is 0 Å². The molecule has 2 amide bonds. The molecule has 1 radical (unpaired) electrons. The summed E-state index contributed by atoms with van der Waals surface area (Å²) in [7, 11) is 0. The number of nitrogens with zero attached hydrogens (tertiary/aromatic N) is 1. The summed E-state index contributed by atoms with van der Waals surface area (Å²) in [6.45, 7) is 0. The maximum Gasteiger partial charge on any atom is 0.238 e. The van der Waals surface area contributed by atoms with Crippen molar-refractivity contribution in [3.63, 3.8) is 0 Å². The minimum atomic E-state index is -0.238. The highest BCUT2D eigenvalue weighted by Gasteiger charge is 2.23. The van der Waals surface area contributed by atoms with Gasteiger partial charge in [0.1, 0.15) is 0 Å². The molecule has 0 atom stereocenters. The molecule has 3 aromatic rings. The first-order chi connectivity index (χ1) is 12.2. The van der Waals surface area contributed by atoms with E-state index in [-0.39, 0.29) is 24.7 Å². The topological polar surface area (TPSA) is 37.4 Å². The van der Waals surface area contributed by atoms with Crippen LogP contribution in [0.15, 0.2) is 84.9 Å². The van der Waals surface area contributed by atoms with Crippen LogP contribution < -0.4 is 4.90 Å². The zero-order chi connectivity index (χ0) is 17.5. The maximum atomic E-state index is 12.8. The van der Waals surface area contributed by atoms with Crippen molar-refractivity contribution >= 4 is 17.5 Å². The van der Waals surface area contributed by atoms with Crippen LogP contribution in [0.5, 0.6) is 0 Å². The van der Waals surface area contributed by atoms with Crippen LogP contribution in [0.25, 0.3) is 0 Å². The van der Waals surface area contributed by atoms with E-state index in [1.54, 1.807) is 24.3 Å². The fourth-order valence-corrected chi connectivity index (χ4v) is 2.65. The van der Waals surface area contributed by atoms with E-state index in [1.807, 2.05) is 60.7 Å². The van der Waals surface area contributed by atoms with E-state index in [4.69, 9.17) is 0 Å². The van der Waals surface area contributed by atoms with E-state index in [9.17, 15) is 9.59 Å². The number of anilines is 1. The summed E-state index contributed by atoms with van der Waals surface area (Å²) in [5.74, 6) is -0.475. The molecule has 3 rings (SSSR count). The predicted octanol–water partition coefficient (Wildman–Crippen LogP) is 3.83. The van der Waals surface area contributed by atoms with Gasteiger partial charge in [0.15, 0.2) is 0 Å². The Kier molecular flexibility index (Phi) is 5.37. The zero-order valence-electron chi connectivity index (χ0n) is 13.8. The second-order valence-corrected chi connectivity index (χ2v) is 5.71. The van der Waals surface area contributed by atoms with Crippen molar-refractivity contribution in [1.29, 1.82) is 0 Å². The lowest BCUT2D eigenvalue weighted by molar-refractivity contribution is -0.125. The first-order valence-electron chi connectivity index (χ1n) is 8.14. The normalized spacial score (nSPS) is 10.2. The molecule has 0 aliphatic heterocycles. The summed E-state index contributed by atoms with van der Waals surface area (Å²) in [5, 5.41) is 0. The average molecular weight is 328 g/mol. The molecule has 0 heterocycles. The van der Waals surface area contributed by atoms with Gasteiger partial charge in [-0.1, -0.05) is 72.8 Å². The molecule has 3 heteroatoms. The molecule has 3 nitrogen and oxygen atoms in total. The van der Waals surface area contributed by atoms with E-state index in [1.165, 1.54) is 4.90 Å². The first kappa shape index (κ1) is 16.7. The Balaban J connectivity index is 1.85. The van der Waals surface area contributed by atoms with Crippen LogP contribution >= 0.6 is 0 Å². The van der Waals surface area contributed by atoms with Gasteiger partial charge in [0, 0.05) is 0 Å². The molecule has 0 bridgehead atoms. The van der Waals surface area contributed by atoms with Crippen molar-refractivity contribution in [2.45, 2.75) is 12.8 Å². The number of hydrogen-bond acceptors (Lipinski definition) is 2. The lowest BCUT2D eigenvalue weighted by atomic mass is 10.1. The van der Waals surface area contributed by atoms with Crippen LogP contribution in [-0.4, -0.2) is 11.8 Å². The largest absolute Gasteiger partial charge is 0.274 e. The zero-order valence-corrected chi connectivity index (χ0v) is 13.8. The van der Waals surface area contributed by atoms with Gasteiger partial charge >= 0.3 is 0 Å². The Morgan fingerprint density at radius 2 is 1.12 bits per heavy atom. The minimum absolute atomic E-state index is 0.181. The fourth-order valence-electron chi connectivity index (χ4n) is 2.65. The van der Waals surface area contributed by atoms with E-state index >= 15 is 0 Å². The highest BCUT2D eigenvalue weighted by Crippen LogP contribution is 2.17. The molecular formula is C22H18NO2. The molecule has 0 aliphatic rings. The summed E-state index contributed by atoms with van der Waals surface area (Å²) in [4.78, 5) is 27.0. The van der Waals surface area contributed by atoms with Crippen molar-refractivity contribution in [3.8, 4) is 0 Å². The third-order valence-corrected chi connectivity index (χ3v) is 3.85. The number of rotatable bonds is 5. The van der Waals surface area contributed by atoms with Gasteiger partial charge in [-0.3, -0.25) is 14.5 Å². The smallest absolute Gasteiger partial charge is 0.238 e.